The molecule has 1 aliphatic rings. The first-order valence-corrected chi connectivity index (χ1v) is 8.06. The number of nitrogens with two attached hydrogens (primary N) is 1. The summed E-state index contributed by atoms with van der Waals surface area (Å²) in [6.45, 7) is 4.30. The van der Waals surface area contributed by atoms with Crippen LogP contribution in [0.2, 0.25) is 0 Å². The fourth-order valence-electron chi connectivity index (χ4n) is 3.00. The molecule has 116 valence electrons. The summed E-state index contributed by atoms with van der Waals surface area (Å²) in [6.07, 6.45) is 5.59. The Morgan fingerprint density at radius 3 is 2.76 bits per heavy atom. The van der Waals surface area contributed by atoms with Crippen LogP contribution in [0.5, 0.6) is 0 Å². The zero-order valence-corrected chi connectivity index (χ0v) is 13.0. The Kier molecular flexibility index (Phi) is 6.21. The molecule has 0 bridgehead atoms. The van der Waals surface area contributed by atoms with Crippen LogP contribution in [0, 0.1) is 0 Å². The molecule has 1 aromatic rings. The molecular formula is C17H27N3O. The molecule has 3 N–H and O–H groups in total. The van der Waals surface area contributed by atoms with E-state index >= 15 is 0 Å². The van der Waals surface area contributed by atoms with Gasteiger partial charge in [-0.05, 0) is 56.5 Å². The zero-order chi connectivity index (χ0) is 15.1. The second kappa shape index (κ2) is 8.15. The Morgan fingerprint density at radius 1 is 1.33 bits per heavy atom. The number of benzene rings is 1. The largest absolute Gasteiger partial charge is 0.330 e. The molecule has 0 aromatic heterocycles. The lowest BCUT2D eigenvalue weighted by molar-refractivity contribution is -0.118. The highest BCUT2D eigenvalue weighted by atomic mass is 16.2. The number of hydrogen-bond donors (Lipinski definition) is 2. The van der Waals surface area contributed by atoms with Gasteiger partial charge in [0.25, 0.3) is 0 Å². The number of nitrogens with zero attached hydrogens (tertiary/aromatic N) is 1. The van der Waals surface area contributed by atoms with E-state index in [0.29, 0.717) is 19.1 Å². The van der Waals surface area contributed by atoms with Crippen LogP contribution >= 0.6 is 0 Å². The van der Waals surface area contributed by atoms with Gasteiger partial charge in [0.15, 0.2) is 0 Å². The summed E-state index contributed by atoms with van der Waals surface area (Å²) in [7, 11) is 0. The van der Waals surface area contributed by atoms with Crippen LogP contribution in [0.25, 0.3) is 0 Å². The molecule has 1 saturated heterocycles. The van der Waals surface area contributed by atoms with Crippen molar-refractivity contribution < 1.29 is 4.79 Å². The van der Waals surface area contributed by atoms with Gasteiger partial charge >= 0.3 is 0 Å². The number of rotatable bonds is 6. The first kappa shape index (κ1) is 16.0. The number of nitrogens with one attached hydrogen (secondary N) is 1. The first-order chi connectivity index (χ1) is 10.2. The molecule has 1 aromatic carbocycles. The van der Waals surface area contributed by atoms with Crippen molar-refractivity contribution in [3.8, 4) is 0 Å². The second-order valence-electron chi connectivity index (χ2n) is 5.80. The quantitative estimate of drug-likeness (QED) is 0.845. The highest BCUT2D eigenvalue weighted by Gasteiger charge is 2.23. The predicted molar refractivity (Wildman–Crippen MR) is 87.3 cm³/mol. The van der Waals surface area contributed by atoms with Gasteiger partial charge in [0.1, 0.15) is 0 Å². The molecule has 21 heavy (non-hydrogen) atoms. The van der Waals surface area contributed by atoms with Crippen molar-refractivity contribution in [2.24, 2.45) is 5.73 Å². The van der Waals surface area contributed by atoms with Gasteiger partial charge in [-0.3, -0.25) is 9.69 Å². The SMILES string of the molecule is CCc1ccc(NC(=O)CN2CCCCC2CCN)cc1. The maximum atomic E-state index is 12.2. The number of likely N-dealkylation sites (tertiary alicyclic amines) is 1. The number of amides is 1. The third kappa shape index (κ3) is 4.83. The Bertz CT molecular complexity index is 442. The minimum Gasteiger partial charge on any atom is -0.330 e. The van der Waals surface area contributed by atoms with Gasteiger partial charge in [0.2, 0.25) is 5.91 Å². The Balaban J connectivity index is 1.87. The minimum absolute atomic E-state index is 0.0724. The number of hydrogen-bond acceptors (Lipinski definition) is 3. The van der Waals surface area contributed by atoms with Crippen molar-refractivity contribution in [2.45, 2.75) is 45.1 Å². The zero-order valence-electron chi connectivity index (χ0n) is 13.0. The highest BCUT2D eigenvalue weighted by molar-refractivity contribution is 5.92. The summed E-state index contributed by atoms with van der Waals surface area (Å²) in [6, 6.07) is 8.55. The molecular weight excluding hydrogens is 262 g/mol. The van der Waals surface area contributed by atoms with Gasteiger partial charge in [-0.1, -0.05) is 25.5 Å². The topological polar surface area (TPSA) is 58.4 Å². The monoisotopic (exact) mass is 289 g/mol. The summed E-state index contributed by atoms with van der Waals surface area (Å²) >= 11 is 0. The lowest BCUT2D eigenvalue weighted by atomic mass is 9.99. The minimum atomic E-state index is 0.0724. The number of aryl methyl sites for hydroxylation is 1. The molecule has 0 saturated carbocycles. The van der Waals surface area contributed by atoms with E-state index in [-0.39, 0.29) is 5.91 Å². The summed E-state index contributed by atoms with van der Waals surface area (Å²) in [5.74, 6) is 0.0724. The van der Waals surface area contributed by atoms with Crippen molar-refractivity contribution in [3.63, 3.8) is 0 Å². The molecule has 4 heteroatoms. The molecule has 0 radical (unpaired) electrons. The van der Waals surface area contributed by atoms with Crippen LogP contribution < -0.4 is 11.1 Å². The van der Waals surface area contributed by atoms with E-state index in [2.05, 4.69) is 29.3 Å². The highest BCUT2D eigenvalue weighted by Crippen LogP contribution is 2.19. The molecule has 1 unspecified atom stereocenters. The van der Waals surface area contributed by atoms with Crippen molar-refractivity contribution in [2.75, 3.05) is 25.0 Å². The van der Waals surface area contributed by atoms with Gasteiger partial charge in [0.05, 0.1) is 6.54 Å². The van der Waals surface area contributed by atoms with Gasteiger partial charge in [0, 0.05) is 11.7 Å². The van der Waals surface area contributed by atoms with E-state index in [0.717, 1.165) is 31.5 Å². The average Bonchev–Trinajstić information content (AvgIpc) is 2.50. The van der Waals surface area contributed by atoms with Crippen LogP contribution in [0.15, 0.2) is 24.3 Å². The maximum absolute atomic E-state index is 12.2. The van der Waals surface area contributed by atoms with Crippen molar-refractivity contribution in [1.82, 2.24) is 4.90 Å². The molecule has 4 nitrogen and oxygen atoms in total. The molecule has 1 fully saturated rings. The predicted octanol–water partition coefficient (Wildman–Crippen LogP) is 2.39. The van der Waals surface area contributed by atoms with Crippen LogP contribution in [-0.4, -0.2) is 36.5 Å². The fourth-order valence-corrected chi connectivity index (χ4v) is 3.00. The van der Waals surface area contributed by atoms with E-state index in [1.54, 1.807) is 0 Å². The smallest absolute Gasteiger partial charge is 0.238 e. The number of carbonyl (C=O) groups is 1. The van der Waals surface area contributed by atoms with Gasteiger partial charge in [-0.2, -0.15) is 0 Å². The molecule has 0 aliphatic carbocycles. The summed E-state index contributed by atoms with van der Waals surface area (Å²) in [5, 5.41) is 2.99. The van der Waals surface area contributed by atoms with E-state index in [9.17, 15) is 4.79 Å². The van der Waals surface area contributed by atoms with E-state index < -0.39 is 0 Å². The molecule has 1 heterocycles. The van der Waals surface area contributed by atoms with Gasteiger partial charge in [-0.25, -0.2) is 0 Å². The third-order valence-corrected chi connectivity index (χ3v) is 4.24. The molecule has 1 aliphatic heterocycles. The average molecular weight is 289 g/mol. The van der Waals surface area contributed by atoms with E-state index in [4.69, 9.17) is 5.73 Å². The number of anilines is 1. The first-order valence-electron chi connectivity index (χ1n) is 8.06. The summed E-state index contributed by atoms with van der Waals surface area (Å²) < 4.78 is 0. The van der Waals surface area contributed by atoms with Gasteiger partial charge < -0.3 is 11.1 Å². The number of piperidine rings is 1. The molecule has 1 atom stereocenters. The third-order valence-electron chi connectivity index (χ3n) is 4.24. The lowest BCUT2D eigenvalue weighted by Crippen LogP contribution is -2.44. The Morgan fingerprint density at radius 2 is 2.10 bits per heavy atom. The molecule has 1 amide bonds. The van der Waals surface area contributed by atoms with Crippen molar-refractivity contribution in [1.29, 1.82) is 0 Å². The second-order valence-corrected chi connectivity index (χ2v) is 5.80. The van der Waals surface area contributed by atoms with Crippen LogP contribution in [0.1, 0.15) is 38.2 Å². The van der Waals surface area contributed by atoms with Crippen LogP contribution in [0.4, 0.5) is 5.69 Å². The standard InChI is InChI=1S/C17H27N3O/c1-2-14-6-8-15(9-7-14)19-17(21)13-20-12-4-3-5-16(20)10-11-18/h6-9,16H,2-5,10-13,18H2,1H3,(H,19,21). The van der Waals surface area contributed by atoms with Crippen LogP contribution in [0.3, 0.4) is 0 Å². The molecule has 0 spiro atoms. The van der Waals surface area contributed by atoms with E-state index in [1.165, 1.54) is 18.4 Å². The summed E-state index contributed by atoms with van der Waals surface area (Å²) in [4.78, 5) is 14.5. The Labute approximate surface area is 127 Å². The molecule has 2 rings (SSSR count). The lowest BCUT2D eigenvalue weighted by Gasteiger charge is -2.35. The fraction of sp³-hybridized carbons (Fsp3) is 0.588. The van der Waals surface area contributed by atoms with Crippen molar-refractivity contribution in [3.05, 3.63) is 29.8 Å². The Hall–Kier alpha value is -1.39. The van der Waals surface area contributed by atoms with Crippen molar-refractivity contribution >= 4 is 11.6 Å². The summed E-state index contributed by atoms with van der Waals surface area (Å²) in [5.41, 5.74) is 7.84. The normalized spacial score (nSPS) is 19.4. The number of carbonyl (C=O) groups excluding carboxylic acids is 1. The van der Waals surface area contributed by atoms with Gasteiger partial charge in [-0.15, -0.1) is 0 Å². The van der Waals surface area contributed by atoms with Crippen LogP contribution in [-0.2, 0) is 11.2 Å². The van der Waals surface area contributed by atoms with E-state index in [1.807, 2.05) is 12.1 Å². The maximum Gasteiger partial charge on any atom is 0.238 e.